The fraction of sp³-hybridized carbons (Fsp3) is 0.471. The van der Waals surface area contributed by atoms with Crippen LogP contribution in [0.15, 0.2) is 24.4 Å². The fourth-order valence-electron chi connectivity index (χ4n) is 3.17. The monoisotopic (exact) mass is 317 g/mol. The number of rotatable bonds is 6. The third kappa shape index (κ3) is 3.65. The number of ether oxygens (including phenoxy) is 1. The highest BCUT2D eigenvalue weighted by molar-refractivity contribution is 5.86. The molecule has 1 saturated heterocycles. The van der Waals surface area contributed by atoms with Crippen molar-refractivity contribution in [3.05, 3.63) is 30.0 Å². The van der Waals surface area contributed by atoms with Gasteiger partial charge in [-0.3, -0.25) is 4.79 Å². The van der Waals surface area contributed by atoms with Crippen molar-refractivity contribution < 1.29 is 14.6 Å². The average molecular weight is 317 g/mol. The molecule has 2 N–H and O–H groups in total. The lowest BCUT2D eigenvalue weighted by atomic mass is 10.1. The predicted octanol–water partition coefficient (Wildman–Crippen LogP) is 1.18. The first-order valence-electron chi connectivity index (χ1n) is 7.98. The molecular formula is C17H23N3O3. The highest BCUT2D eigenvalue weighted by Crippen LogP contribution is 2.26. The first-order valence-corrected chi connectivity index (χ1v) is 7.98. The second-order valence-corrected chi connectivity index (χ2v) is 5.90. The Kier molecular flexibility index (Phi) is 4.83. The standard InChI is InChI=1S/C17H23N3O3/c1-23-14-2-3-16-15(10-14)13(11-20(16)12-17(21)22)4-7-19-8-5-18-6-9-19/h2-3,10-11,18H,4-9,12H2,1H3,(H,21,22). The van der Waals surface area contributed by atoms with Crippen molar-refractivity contribution in [2.75, 3.05) is 39.8 Å². The highest BCUT2D eigenvalue weighted by Gasteiger charge is 2.14. The summed E-state index contributed by atoms with van der Waals surface area (Å²) in [4.78, 5) is 13.5. The molecule has 6 heteroatoms. The van der Waals surface area contributed by atoms with Crippen LogP contribution in [0.5, 0.6) is 5.75 Å². The van der Waals surface area contributed by atoms with Crippen LogP contribution < -0.4 is 10.1 Å². The lowest BCUT2D eigenvalue weighted by Gasteiger charge is -2.26. The molecule has 1 aromatic heterocycles. The number of piperazine rings is 1. The number of fused-ring (bicyclic) bond motifs is 1. The smallest absolute Gasteiger partial charge is 0.323 e. The minimum Gasteiger partial charge on any atom is -0.497 e. The number of methoxy groups -OCH3 is 1. The third-order valence-electron chi connectivity index (χ3n) is 4.38. The van der Waals surface area contributed by atoms with Crippen molar-refractivity contribution in [2.24, 2.45) is 0 Å². The Morgan fingerprint density at radius 2 is 2.13 bits per heavy atom. The van der Waals surface area contributed by atoms with Gasteiger partial charge in [0.15, 0.2) is 0 Å². The van der Waals surface area contributed by atoms with Gasteiger partial charge in [-0.25, -0.2) is 0 Å². The van der Waals surface area contributed by atoms with Gasteiger partial charge < -0.3 is 24.6 Å². The Morgan fingerprint density at radius 1 is 1.35 bits per heavy atom. The molecule has 0 aliphatic carbocycles. The minimum atomic E-state index is -0.827. The average Bonchev–Trinajstić information content (AvgIpc) is 2.90. The molecule has 0 amide bonds. The first-order chi connectivity index (χ1) is 11.2. The second-order valence-electron chi connectivity index (χ2n) is 5.90. The van der Waals surface area contributed by atoms with Gasteiger partial charge in [0.1, 0.15) is 12.3 Å². The summed E-state index contributed by atoms with van der Waals surface area (Å²) >= 11 is 0. The summed E-state index contributed by atoms with van der Waals surface area (Å²) in [6, 6.07) is 5.81. The number of nitrogens with zero attached hydrogens (tertiary/aromatic N) is 2. The molecule has 0 atom stereocenters. The van der Waals surface area contributed by atoms with Gasteiger partial charge in [0, 0.05) is 49.8 Å². The van der Waals surface area contributed by atoms with E-state index in [-0.39, 0.29) is 6.54 Å². The van der Waals surface area contributed by atoms with E-state index in [4.69, 9.17) is 9.84 Å². The zero-order valence-corrected chi connectivity index (χ0v) is 13.4. The van der Waals surface area contributed by atoms with Gasteiger partial charge in [-0.15, -0.1) is 0 Å². The molecule has 6 nitrogen and oxygen atoms in total. The maximum Gasteiger partial charge on any atom is 0.323 e. The van der Waals surface area contributed by atoms with E-state index in [9.17, 15) is 4.79 Å². The third-order valence-corrected chi connectivity index (χ3v) is 4.38. The van der Waals surface area contributed by atoms with E-state index in [0.717, 1.165) is 55.8 Å². The number of benzene rings is 1. The summed E-state index contributed by atoms with van der Waals surface area (Å²) in [5.74, 6) is -0.0274. The van der Waals surface area contributed by atoms with Crippen LogP contribution in [0.2, 0.25) is 0 Å². The number of aliphatic carboxylic acids is 1. The van der Waals surface area contributed by atoms with Gasteiger partial charge in [-0.05, 0) is 30.2 Å². The number of aromatic nitrogens is 1. The van der Waals surface area contributed by atoms with E-state index >= 15 is 0 Å². The number of nitrogens with one attached hydrogen (secondary N) is 1. The van der Waals surface area contributed by atoms with Crippen LogP contribution in [-0.4, -0.2) is 60.4 Å². The maximum absolute atomic E-state index is 11.1. The van der Waals surface area contributed by atoms with E-state index in [1.807, 2.05) is 29.0 Å². The Morgan fingerprint density at radius 3 is 2.83 bits per heavy atom. The molecular weight excluding hydrogens is 294 g/mol. The van der Waals surface area contributed by atoms with E-state index in [0.29, 0.717) is 0 Å². The summed E-state index contributed by atoms with van der Waals surface area (Å²) in [6.45, 7) is 5.18. The van der Waals surface area contributed by atoms with Crippen LogP contribution in [-0.2, 0) is 17.8 Å². The zero-order chi connectivity index (χ0) is 16.2. The van der Waals surface area contributed by atoms with Gasteiger partial charge in [0.25, 0.3) is 0 Å². The molecule has 2 aromatic rings. The molecule has 0 spiro atoms. The fourth-order valence-corrected chi connectivity index (χ4v) is 3.17. The van der Waals surface area contributed by atoms with Crippen LogP contribution in [0.3, 0.4) is 0 Å². The van der Waals surface area contributed by atoms with Crippen LogP contribution in [0.25, 0.3) is 10.9 Å². The largest absolute Gasteiger partial charge is 0.497 e. The molecule has 1 aliphatic rings. The van der Waals surface area contributed by atoms with Crippen LogP contribution >= 0.6 is 0 Å². The normalized spacial score (nSPS) is 15.9. The summed E-state index contributed by atoms with van der Waals surface area (Å²) in [5.41, 5.74) is 2.13. The van der Waals surface area contributed by atoms with Gasteiger partial charge in [0.05, 0.1) is 7.11 Å². The quantitative estimate of drug-likeness (QED) is 0.837. The predicted molar refractivity (Wildman–Crippen MR) is 89.1 cm³/mol. The molecule has 124 valence electrons. The van der Waals surface area contributed by atoms with Crippen molar-refractivity contribution in [3.63, 3.8) is 0 Å². The Labute approximate surface area is 135 Å². The SMILES string of the molecule is COc1ccc2c(c1)c(CCN1CCNCC1)cn2CC(=O)O. The van der Waals surface area contributed by atoms with Crippen LogP contribution in [0.4, 0.5) is 0 Å². The molecule has 23 heavy (non-hydrogen) atoms. The molecule has 3 rings (SSSR count). The van der Waals surface area contributed by atoms with Gasteiger partial charge in [-0.2, -0.15) is 0 Å². The van der Waals surface area contributed by atoms with Crippen molar-refractivity contribution in [1.29, 1.82) is 0 Å². The molecule has 0 bridgehead atoms. The van der Waals surface area contributed by atoms with Crippen molar-refractivity contribution >= 4 is 16.9 Å². The first kappa shape index (κ1) is 15.8. The molecule has 0 radical (unpaired) electrons. The van der Waals surface area contributed by atoms with Crippen molar-refractivity contribution in [3.8, 4) is 5.75 Å². The van der Waals surface area contributed by atoms with Gasteiger partial charge in [-0.1, -0.05) is 0 Å². The summed E-state index contributed by atoms with van der Waals surface area (Å²) in [6.07, 6.45) is 2.89. The number of hydrogen-bond donors (Lipinski definition) is 2. The Balaban J connectivity index is 1.85. The van der Waals surface area contributed by atoms with E-state index in [1.54, 1.807) is 7.11 Å². The van der Waals surface area contributed by atoms with E-state index < -0.39 is 5.97 Å². The molecule has 0 saturated carbocycles. The summed E-state index contributed by atoms with van der Waals surface area (Å²) in [7, 11) is 1.65. The molecule has 2 heterocycles. The number of carbonyl (C=O) groups is 1. The molecule has 0 unspecified atom stereocenters. The van der Waals surface area contributed by atoms with Gasteiger partial charge in [0.2, 0.25) is 0 Å². The zero-order valence-electron chi connectivity index (χ0n) is 13.4. The minimum absolute atomic E-state index is 0.0174. The van der Waals surface area contributed by atoms with E-state index in [1.165, 1.54) is 5.56 Å². The number of carboxylic acids is 1. The van der Waals surface area contributed by atoms with Crippen LogP contribution in [0.1, 0.15) is 5.56 Å². The topological polar surface area (TPSA) is 66.7 Å². The molecule has 1 aromatic carbocycles. The molecule has 1 aliphatic heterocycles. The second kappa shape index (κ2) is 7.02. The lowest BCUT2D eigenvalue weighted by molar-refractivity contribution is -0.137. The lowest BCUT2D eigenvalue weighted by Crippen LogP contribution is -2.44. The van der Waals surface area contributed by atoms with Crippen LogP contribution in [0, 0.1) is 0 Å². The number of carboxylic acid groups (broad SMARTS) is 1. The highest BCUT2D eigenvalue weighted by atomic mass is 16.5. The van der Waals surface area contributed by atoms with Crippen molar-refractivity contribution in [2.45, 2.75) is 13.0 Å². The summed E-state index contributed by atoms with van der Waals surface area (Å²) in [5, 5.41) is 13.5. The maximum atomic E-state index is 11.1. The van der Waals surface area contributed by atoms with Gasteiger partial charge >= 0.3 is 5.97 Å². The summed E-state index contributed by atoms with van der Waals surface area (Å²) < 4.78 is 7.13. The molecule has 1 fully saturated rings. The Hall–Kier alpha value is -2.05. The van der Waals surface area contributed by atoms with Crippen molar-refractivity contribution in [1.82, 2.24) is 14.8 Å². The number of hydrogen-bond acceptors (Lipinski definition) is 4. The Bertz CT molecular complexity index is 690. The van der Waals surface area contributed by atoms with E-state index in [2.05, 4.69) is 10.2 Å².